The van der Waals surface area contributed by atoms with E-state index in [2.05, 4.69) is 4.98 Å². The molecule has 0 amide bonds. The van der Waals surface area contributed by atoms with Crippen LogP contribution in [0.5, 0.6) is 5.75 Å². The summed E-state index contributed by atoms with van der Waals surface area (Å²) in [5.41, 5.74) is -0.0760. The van der Waals surface area contributed by atoms with Gasteiger partial charge in [-0.25, -0.2) is 14.6 Å². The number of aromatic nitrogens is 1. The highest BCUT2D eigenvalue weighted by Crippen LogP contribution is 2.09. The van der Waals surface area contributed by atoms with E-state index in [-0.39, 0.29) is 12.3 Å². The summed E-state index contributed by atoms with van der Waals surface area (Å²) < 4.78 is 9.99. The van der Waals surface area contributed by atoms with Crippen LogP contribution in [0.15, 0.2) is 18.3 Å². The van der Waals surface area contributed by atoms with Crippen LogP contribution in [-0.4, -0.2) is 35.2 Å². The highest BCUT2D eigenvalue weighted by Gasteiger charge is 2.06. The van der Waals surface area contributed by atoms with Crippen LogP contribution in [-0.2, 0) is 9.53 Å². The minimum absolute atomic E-state index is 0.0760. The third kappa shape index (κ3) is 4.82. The number of carboxylic acid groups (broad SMARTS) is 1. The zero-order chi connectivity index (χ0) is 13.4. The molecule has 0 aliphatic heterocycles. The fourth-order valence-electron chi connectivity index (χ4n) is 1.11. The van der Waals surface area contributed by atoms with Crippen LogP contribution in [0.1, 0.15) is 30.3 Å². The number of carboxylic acids is 1. The van der Waals surface area contributed by atoms with E-state index in [4.69, 9.17) is 14.6 Å². The lowest BCUT2D eigenvalue weighted by atomic mass is 10.3. The molecule has 0 saturated heterocycles. The van der Waals surface area contributed by atoms with Gasteiger partial charge in [0.1, 0.15) is 11.4 Å². The Morgan fingerprint density at radius 3 is 2.72 bits per heavy atom. The molecule has 6 nitrogen and oxygen atoms in total. The Bertz CT molecular complexity index is 401. The second-order valence-electron chi connectivity index (χ2n) is 3.55. The number of rotatable bonds is 7. The molecule has 0 aliphatic rings. The number of esters is 1. The molecule has 0 spiro atoms. The summed E-state index contributed by atoms with van der Waals surface area (Å²) in [6.45, 7) is 2.17. The molecule has 6 heteroatoms. The average molecular weight is 253 g/mol. The molecule has 0 fully saturated rings. The molecule has 1 N–H and O–H groups in total. The number of hydrogen-bond acceptors (Lipinski definition) is 5. The Morgan fingerprint density at radius 1 is 1.39 bits per heavy atom. The molecule has 0 aromatic carbocycles. The van der Waals surface area contributed by atoms with Crippen LogP contribution in [0.3, 0.4) is 0 Å². The largest absolute Gasteiger partial charge is 0.480 e. The molecule has 18 heavy (non-hydrogen) atoms. The standard InChI is InChI=1S/C12H15NO5/c1-2-3-6-17-11(14)8-18-9-4-5-10(12(15)16)13-7-9/h4-5,7H,2-3,6,8H2,1H3,(H,15,16). The topological polar surface area (TPSA) is 85.7 Å². The van der Waals surface area contributed by atoms with Crippen LogP contribution in [0.25, 0.3) is 0 Å². The summed E-state index contributed by atoms with van der Waals surface area (Å²) in [6.07, 6.45) is 3.03. The summed E-state index contributed by atoms with van der Waals surface area (Å²) in [5, 5.41) is 8.64. The van der Waals surface area contributed by atoms with Crippen molar-refractivity contribution in [3.8, 4) is 5.75 Å². The maximum Gasteiger partial charge on any atom is 0.354 e. The zero-order valence-electron chi connectivity index (χ0n) is 10.1. The first kappa shape index (κ1) is 14.0. The van der Waals surface area contributed by atoms with Gasteiger partial charge >= 0.3 is 11.9 Å². The van der Waals surface area contributed by atoms with Gasteiger partial charge in [0.2, 0.25) is 0 Å². The minimum Gasteiger partial charge on any atom is -0.480 e. The van der Waals surface area contributed by atoms with E-state index < -0.39 is 11.9 Å². The summed E-state index contributed by atoms with van der Waals surface area (Å²) in [6, 6.07) is 2.75. The van der Waals surface area contributed by atoms with Crippen LogP contribution in [0, 0.1) is 0 Å². The van der Waals surface area contributed by atoms with Crippen LogP contribution in [0.2, 0.25) is 0 Å². The third-order valence-electron chi connectivity index (χ3n) is 2.07. The monoisotopic (exact) mass is 253 g/mol. The van der Waals surface area contributed by atoms with Crippen molar-refractivity contribution in [2.45, 2.75) is 19.8 Å². The summed E-state index contributed by atoms with van der Waals surface area (Å²) in [7, 11) is 0. The third-order valence-corrected chi connectivity index (χ3v) is 2.07. The van der Waals surface area contributed by atoms with Crippen molar-refractivity contribution in [1.82, 2.24) is 4.98 Å². The fraction of sp³-hybridized carbons (Fsp3) is 0.417. The zero-order valence-corrected chi connectivity index (χ0v) is 10.1. The van der Waals surface area contributed by atoms with E-state index in [0.717, 1.165) is 12.8 Å². The molecule has 0 radical (unpaired) electrons. The SMILES string of the molecule is CCCCOC(=O)COc1ccc(C(=O)O)nc1. The Labute approximate surface area is 105 Å². The number of ether oxygens (including phenoxy) is 2. The summed E-state index contributed by atoms with van der Waals surface area (Å²) >= 11 is 0. The van der Waals surface area contributed by atoms with Gasteiger partial charge < -0.3 is 14.6 Å². The van der Waals surface area contributed by atoms with Crippen molar-refractivity contribution in [2.75, 3.05) is 13.2 Å². The van der Waals surface area contributed by atoms with Gasteiger partial charge in [0.25, 0.3) is 0 Å². The molecule has 0 bridgehead atoms. The number of nitrogens with zero attached hydrogens (tertiary/aromatic N) is 1. The molecule has 1 aromatic rings. The van der Waals surface area contributed by atoms with Gasteiger partial charge in [-0.2, -0.15) is 0 Å². The number of pyridine rings is 1. The number of carbonyl (C=O) groups excluding carboxylic acids is 1. The van der Waals surface area contributed by atoms with Gasteiger partial charge in [-0.3, -0.25) is 0 Å². The molecule has 1 rings (SSSR count). The van der Waals surface area contributed by atoms with Gasteiger partial charge in [0, 0.05) is 0 Å². The minimum atomic E-state index is -1.11. The first-order chi connectivity index (χ1) is 8.63. The van der Waals surface area contributed by atoms with Gasteiger partial charge in [-0.1, -0.05) is 13.3 Å². The molecule has 1 heterocycles. The second kappa shape index (κ2) is 7.26. The van der Waals surface area contributed by atoms with E-state index in [1.807, 2.05) is 6.92 Å². The molecular weight excluding hydrogens is 238 g/mol. The molecule has 1 aromatic heterocycles. The average Bonchev–Trinajstić information content (AvgIpc) is 2.37. The smallest absolute Gasteiger partial charge is 0.354 e. The Balaban J connectivity index is 2.34. The van der Waals surface area contributed by atoms with Crippen molar-refractivity contribution in [3.05, 3.63) is 24.0 Å². The number of carbonyl (C=O) groups is 2. The van der Waals surface area contributed by atoms with Gasteiger partial charge in [0.15, 0.2) is 6.61 Å². The molecule has 0 atom stereocenters. The Kier molecular flexibility index (Phi) is 5.63. The summed E-state index contributed by atoms with van der Waals surface area (Å²) in [5.74, 6) is -1.24. The van der Waals surface area contributed by atoms with Gasteiger partial charge in [-0.15, -0.1) is 0 Å². The van der Waals surface area contributed by atoms with Crippen molar-refractivity contribution in [1.29, 1.82) is 0 Å². The Hall–Kier alpha value is -2.11. The molecule has 0 saturated carbocycles. The molecular formula is C12H15NO5. The van der Waals surface area contributed by atoms with Crippen LogP contribution < -0.4 is 4.74 Å². The maximum atomic E-state index is 11.2. The first-order valence-corrected chi connectivity index (χ1v) is 5.61. The lowest BCUT2D eigenvalue weighted by molar-refractivity contribution is -0.146. The van der Waals surface area contributed by atoms with Crippen molar-refractivity contribution >= 4 is 11.9 Å². The van der Waals surface area contributed by atoms with E-state index in [9.17, 15) is 9.59 Å². The van der Waals surface area contributed by atoms with Crippen molar-refractivity contribution in [2.24, 2.45) is 0 Å². The summed E-state index contributed by atoms with van der Waals surface area (Å²) in [4.78, 5) is 25.4. The maximum absolute atomic E-state index is 11.2. The molecule has 0 aliphatic carbocycles. The number of hydrogen-bond donors (Lipinski definition) is 1. The van der Waals surface area contributed by atoms with Crippen molar-refractivity contribution in [3.63, 3.8) is 0 Å². The second-order valence-corrected chi connectivity index (χ2v) is 3.55. The van der Waals surface area contributed by atoms with E-state index in [1.54, 1.807) is 0 Å². The highest BCUT2D eigenvalue weighted by atomic mass is 16.6. The van der Waals surface area contributed by atoms with E-state index in [0.29, 0.717) is 12.4 Å². The first-order valence-electron chi connectivity index (χ1n) is 5.61. The number of unbranched alkanes of at least 4 members (excludes halogenated alkanes) is 1. The van der Waals surface area contributed by atoms with Crippen molar-refractivity contribution < 1.29 is 24.2 Å². The van der Waals surface area contributed by atoms with Crippen LogP contribution >= 0.6 is 0 Å². The normalized spacial score (nSPS) is 9.83. The fourth-order valence-corrected chi connectivity index (χ4v) is 1.11. The quantitative estimate of drug-likeness (QED) is 0.585. The van der Waals surface area contributed by atoms with Gasteiger partial charge in [-0.05, 0) is 18.6 Å². The predicted octanol–water partition coefficient (Wildman–Crippen LogP) is 1.50. The Morgan fingerprint density at radius 2 is 2.17 bits per heavy atom. The lowest BCUT2D eigenvalue weighted by Gasteiger charge is -2.06. The van der Waals surface area contributed by atoms with E-state index in [1.165, 1.54) is 18.3 Å². The molecule has 98 valence electrons. The van der Waals surface area contributed by atoms with E-state index >= 15 is 0 Å². The lowest BCUT2D eigenvalue weighted by Crippen LogP contribution is -2.15. The highest BCUT2D eigenvalue weighted by molar-refractivity contribution is 5.85. The predicted molar refractivity (Wildman–Crippen MR) is 62.6 cm³/mol. The number of aromatic carboxylic acids is 1. The van der Waals surface area contributed by atoms with Crippen LogP contribution in [0.4, 0.5) is 0 Å². The van der Waals surface area contributed by atoms with Gasteiger partial charge in [0.05, 0.1) is 12.8 Å². The molecule has 0 unspecified atom stereocenters.